The van der Waals surface area contributed by atoms with E-state index in [2.05, 4.69) is 46.8 Å². The first-order valence-corrected chi connectivity index (χ1v) is 8.53. The van der Waals surface area contributed by atoms with E-state index in [9.17, 15) is 0 Å². The predicted molar refractivity (Wildman–Crippen MR) is 109 cm³/mol. The van der Waals surface area contributed by atoms with Gasteiger partial charge in [-0.05, 0) is 30.4 Å². The van der Waals surface area contributed by atoms with E-state index in [1.165, 1.54) is 11.1 Å². The van der Waals surface area contributed by atoms with Gasteiger partial charge in [0.25, 0.3) is 0 Å². The highest BCUT2D eigenvalue weighted by Gasteiger charge is 2.13. The number of aliphatic imine (C=N–C) groups is 1. The van der Waals surface area contributed by atoms with E-state index < -0.39 is 0 Å². The number of nitrogens with zero attached hydrogens (tertiary/aromatic N) is 1. The molecule has 0 radical (unpaired) electrons. The van der Waals surface area contributed by atoms with Crippen LogP contribution in [0.1, 0.15) is 37.3 Å². The van der Waals surface area contributed by atoms with E-state index in [4.69, 9.17) is 9.47 Å². The topological polar surface area (TPSA) is 54.9 Å². The van der Waals surface area contributed by atoms with Crippen molar-refractivity contribution in [2.24, 2.45) is 4.99 Å². The van der Waals surface area contributed by atoms with Gasteiger partial charge in [-0.1, -0.05) is 31.2 Å². The van der Waals surface area contributed by atoms with Crippen LogP contribution in [0.2, 0.25) is 0 Å². The molecule has 1 heterocycles. The predicted octanol–water partition coefficient (Wildman–Crippen LogP) is 3.08. The van der Waals surface area contributed by atoms with Crippen molar-refractivity contribution in [3.05, 3.63) is 35.4 Å². The maximum absolute atomic E-state index is 5.99. The van der Waals surface area contributed by atoms with Crippen molar-refractivity contribution in [1.82, 2.24) is 10.6 Å². The van der Waals surface area contributed by atoms with Gasteiger partial charge in [0.1, 0.15) is 0 Å². The molecule has 2 rings (SSSR count). The molecule has 1 aliphatic rings. The van der Waals surface area contributed by atoms with E-state index in [1.54, 1.807) is 7.05 Å². The Kier molecular flexibility index (Phi) is 11.0. The Hall–Kier alpha value is -0.860. The molecular formula is C18H30IN3O2. The van der Waals surface area contributed by atoms with Crippen LogP contribution in [0.5, 0.6) is 0 Å². The average molecular weight is 447 g/mol. The molecule has 0 atom stereocenters. The Morgan fingerprint density at radius 1 is 1.25 bits per heavy atom. The monoisotopic (exact) mass is 447 g/mol. The summed E-state index contributed by atoms with van der Waals surface area (Å²) in [5.74, 6) is 0.843. The molecule has 1 aliphatic heterocycles. The van der Waals surface area contributed by atoms with Crippen LogP contribution in [-0.2, 0) is 22.6 Å². The summed E-state index contributed by atoms with van der Waals surface area (Å²) in [7, 11) is 1.79. The van der Waals surface area contributed by atoms with Crippen molar-refractivity contribution in [1.29, 1.82) is 0 Å². The second-order valence-corrected chi connectivity index (χ2v) is 5.80. The van der Waals surface area contributed by atoms with Crippen LogP contribution in [0, 0.1) is 0 Å². The minimum Gasteiger partial charge on any atom is -0.381 e. The number of benzene rings is 1. The van der Waals surface area contributed by atoms with E-state index >= 15 is 0 Å². The summed E-state index contributed by atoms with van der Waals surface area (Å²) >= 11 is 0. The lowest BCUT2D eigenvalue weighted by Crippen LogP contribution is -2.37. The van der Waals surface area contributed by atoms with Gasteiger partial charge in [-0.3, -0.25) is 4.99 Å². The first-order valence-electron chi connectivity index (χ1n) is 8.53. The highest BCUT2D eigenvalue weighted by Crippen LogP contribution is 2.14. The van der Waals surface area contributed by atoms with Gasteiger partial charge in [0.15, 0.2) is 5.96 Å². The summed E-state index contributed by atoms with van der Waals surface area (Å²) in [5.41, 5.74) is 2.45. The van der Waals surface area contributed by atoms with Crippen LogP contribution in [0.4, 0.5) is 0 Å². The first-order chi connectivity index (χ1) is 11.3. The number of rotatable bonds is 7. The second kappa shape index (κ2) is 12.5. The zero-order valence-electron chi connectivity index (χ0n) is 14.7. The maximum Gasteiger partial charge on any atom is 0.191 e. The molecule has 5 nitrogen and oxygen atoms in total. The number of guanidine groups is 1. The summed E-state index contributed by atoms with van der Waals surface area (Å²) in [6, 6.07) is 8.52. The van der Waals surface area contributed by atoms with Crippen molar-refractivity contribution in [2.45, 2.75) is 45.4 Å². The summed E-state index contributed by atoms with van der Waals surface area (Å²) in [6.07, 6.45) is 3.42. The highest BCUT2D eigenvalue weighted by molar-refractivity contribution is 14.0. The number of ether oxygens (including phenoxy) is 2. The fraction of sp³-hybridized carbons (Fsp3) is 0.611. The van der Waals surface area contributed by atoms with Gasteiger partial charge in [-0.25, -0.2) is 0 Å². The van der Waals surface area contributed by atoms with Gasteiger partial charge in [-0.15, -0.1) is 24.0 Å². The minimum atomic E-state index is 0. The Balaban J connectivity index is 0.00000288. The fourth-order valence-electron chi connectivity index (χ4n) is 2.54. The van der Waals surface area contributed by atoms with Crippen molar-refractivity contribution in [2.75, 3.05) is 26.8 Å². The molecule has 1 aromatic carbocycles. The fourth-order valence-corrected chi connectivity index (χ4v) is 2.54. The van der Waals surface area contributed by atoms with Gasteiger partial charge in [0, 0.05) is 33.4 Å². The van der Waals surface area contributed by atoms with Crippen molar-refractivity contribution >= 4 is 29.9 Å². The normalized spacial score (nSPS) is 15.7. The Morgan fingerprint density at radius 3 is 2.71 bits per heavy atom. The van der Waals surface area contributed by atoms with Gasteiger partial charge in [-0.2, -0.15) is 0 Å². The lowest BCUT2D eigenvalue weighted by atomic mass is 10.1. The third-order valence-corrected chi connectivity index (χ3v) is 3.87. The third kappa shape index (κ3) is 7.81. The zero-order chi connectivity index (χ0) is 16.3. The summed E-state index contributed by atoms with van der Waals surface area (Å²) in [6.45, 7) is 6.13. The summed E-state index contributed by atoms with van der Waals surface area (Å²) in [4.78, 5) is 4.22. The molecule has 2 N–H and O–H groups in total. The smallest absolute Gasteiger partial charge is 0.191 e. The molecular weight excluding hydrogens is 417 g/mol. The zero-order valence-corrected chi connectivity index (χ0v) is 17.0. The Labute approximate surface area is 162 Å². The highest BCUT2D eigenvalue weighted by atomic mass is 127. The standard InChI is InChI=1S/C18H29N3O2.HI/c1-3-9-20-18(19-2)21-13-15-5-4-6-16(12-15)14-23-17-7-10-22-11-8-17;/h4-6,12,17H,3,7-11,13-14H2,1-2H3,(H2,19,20,21);1H. The van der Waals surface area contributed by atoms with Crippen LogP contribution in [-0.4, -0.2) is 38.9 Å². The molecule has 1 aromatic rings. The van der Waals surface area contributed by atoms with Crippen molar-refractivity contribution in [3.63, 3.8) is 0 Å². The molecule has 24 heavy (non-hydrogen) atoms. The van der Waals surface area contributed by atoms with Crippen LogP contribution in [0.15, 0.2) is 29.3 Å². The molecule has 6 heteroatoms. The molecule has 1 fully saturated rings. The number of nitrogens with one attached hydrogen (secondary N) is 2. The maximum atomic E-state index is 5.99. The summed E-state index contributed by atoms with van der Waals surface area (Å²) < 4.78 is 11.3. The molecule has 0 aliphatic carbocycles. The second-order valence-electron chi connectivity index (χ2n) is 5.80. The molecule has 0 spiro atoms. The first kappa shape index (κ1) is 21.2. The van der Waals surface area contributed by atoms with Gasteiger partial charge < -0.3 is 20.1 Å². The lowest BCUT2D eigenvalue weighted by molar-refractivity contribution is -0.0390. The lowest BCUT2D eigenvalue weighted by Gasteiger charge is -2.22. The van der Waals surface area contributed by atoms with Gasteiger partial charge in [0.05, 0.1) is 12.7 Å². The number of halogens is 1. The molecule has 1 saturated heterocycles. The molecule has 0 unspecified atom stereocenters. The van der Waals surface area contributed by atoms with Crippen LogP contribution >= 0.6 is 24.0 Å². The van der Waals surface area contributed by atoms with Crippen LogP contribution in [0.3, 0.4) is 0 Å². The summed E-state index contributed by atoms with van der Waals surface area (Å²) in [5, 5.41) is 6.61. The van der Waals surface area contributed by atoms with E-state index in [1.807, 2.05) is 0 Å². The van der Waals surface area contributed by atoms with Gasteiger partial charge in [0.2, 0.25) is 0 Å². The minimum absolute atomic E-state index is 0. The van der Waals surface area contributed by atoms with Crippen molar-refractivity contribution in [3.8, 4) is 0 Å². The quantitative estimate of drug-likeness (QED) is 0.383. The SMILES string of the molecule is CCCNC(=NC)NCc1cccc(COC2CCOCC2)c1.I. The molecule has 0 bridgehead atoms. The average Bonchev–Trinajstić information content (AvgIpc) is 2.61. The molecule has 0 aromatic heterocycles. The van der Waals surface area contributed by atoms with E-state index in [-0.39, 0.29) is 24.0 Å². The van der Waals surface area contributed by atoms with Crippen LogP contribution < -0.4 is 10.6 Å². The van der Waals surface area contributed by atoms with Crippen molar-refractivity contribution < 1.29 is 9.47 Å². The Morgan fingerprint density at radius 2 is 2.00 bits per heavy atom. The third-order valence-electron chi connectivity index (χ3n) is 3.87. The Bertz CT molecular complexity index is 491. The largest absolute Gasteiger partial charge is 0.381 e. The van der Waals surface area contributed by atoms with Gasteiger partial charge >= 0.3 is 0 Å². The van der Waals surface area contributed by atoms with E-state index in [0.717, 1.165) is 51.5 Å². The number of hydrogen-bond acceptors (Lipinski definition) is 3. The number of hydrogen-bond donors (Lipinski definition) is 2. The molecule has 136 valence electrons. The molecule has 0 saturated carbocycles. The van der Waals surface area contributed by atoms with E-state index in [0.29, 0.717) is 12.7 Å². The molecule has 0 amide bonds. The van der Waals surface area contributed by atoms with Crippen LogP contribution in [0.25, 0.3) is 0 Å².